The van der Waals surface area contributed by atoms with Gasteiger partial charge in [0.05, 0.1) is 18.1 Å². The largest absolute Gasteiger partial charge is 0.351 e. The lowest BCUT2D eigenvalue weighted by molar-refractivity contribution is -0.120. The summed E-state index contributed by atoms with van der Waals surface area (Å²) in [5, 5.41) is 6.53. The standard InChI is InChI=1S/C14H19ClN2O3S/c1-10(11-2-4-12(15)5-3-11)16-8-14(18)17-13-6-7-21(19,20)9-13/h2-5,10,13,16H,6-9H2,1H3,(H,17,18)/t10-,13-/m0/s1. The molecule has 0 aliphatic carbocycles. The lowest BCUT2D eigenvalue weighted by Crippen LogP contribution is -2.41. The van der Waals surface area contributed by atoms with Crippen LogP contribution >= 0.6 is 11.6 Å². The Bertz CT molecular complexity index is 601. The molecule has 2 rings (SSSR count). The number of hydrogen-bond donors (Lipinski definition) is 2. The molecule has 0 aromatic heterocycles. The van der Waals surface area contributed by atoms with Gasteiger partial charge in [-0.15, -0.1) is 0 Å². The van der Waals surface area contributed by atoms with Crippen LogP contribution in [0.5, 0.6) is 0 Å². The number of rotatable bonds is 5. The Hall–Kier alpha value is -1.11. The third-order valence-electron chi connectivity index (χ3n) is 3.54. The molecule has 1 heterocycles. The zero-order valence-electron chi connectivity index (χ0n) is 11.8. The summed E-state index contributed by atoms with van der Waals surface area (Å²) in [5.74, 6) is 0.0239. The van der Waals surface area contributed by atoms with Gasteiger partial charge >= 0.3 is 0 Å². The SMILES string of the molecule is C[C@H](NCC(=O)N[C@H]1CCS(=O)(=O)C1)c1ccc(Cl)cc1. The molecule has 0 radical (unpaired) electrons. The lowest BCUT2D eigenvalue weighted by Gasteiger charge is -2.16. The highest BCUT2D eigenvalue weighted by molar-refractivity contribution is 7.91. The van der Waals surface area contributed by atoms with E-state index in [9.17, 15) is 13.2 Å². The summed E-state index contributed by atoms with van der Waals surface area (Å²) in [6, 6.07) is 7.18. The fourth-order valence-corrected chi connectivity index (χ4v) is 4.10. The number of nitrogens with one attached hydrogen (secondary N) is 2. The highest BCUT2D eigenvalue weighted by Gasteiger charge is 2.28. The molecule has 0 saturated carbocycles. The molecule has 1 amide bonds. The minimum atomic E-state index is -2.97. The summed E-state index contributed by atoms with van der Waals surface area (Å²) in [7, 11) is -2.97. The van der Waals surface area contributed by atoms with Crippen molar-refractivity contribution < 1.29 is 13.2 Å². The molecule has 1 aromatic carbocycles. The van der Waals surface area contributed by atoms with Gasteiger partial charge in [-0.3, -0.25) is 4.79 Å². The van der Waals surface area contributed by atoms with Crippen LogP contribution in [-0.4, -0.2) is 38.4 Å². The van der Waals surface area contributed by atoms with E-state index < -0.39 is 9.84 Å². The van der Waals surface area contributed by atoms with Crippen LogP contribution < -0.4 is 10.6 Å². The van der Waals surface area contributed by atoms with Crippen molar-refractivity contribution >= 4 is 27.3 Å². The topological polar surface area (TPSA) is 75.3 Å². The van der Waals surface area contributed by atoms with E-state index in [1.54, 1.807) is 12.1 Å². The maximum absolute atomic E-state index is 11.8. The van der Waals surface area contributed by atoms with Gasteiger partial charge in [0.1, 0.15) is 0 Å². The van der Waals surface area contributed by atoms with Crippen LogP contribution in [-0.2, 0) is 14.6 Å². The molecular weight excluding hydrogens is 312 g/mol. The molecule has 0 bridgehead atoms. The summed E-state index contributed by atoms with van der Waals surface area (Å²) in [6.45, 7) is 2.11. The van der Waals surface area contributed by atoms with Crippen molar-refractivity contribution in [2.75, 3.05) is 18.1 Å². The third kappa shape index (κ3) is 4.98. The number of hydrogen-bond acceptors (Lipinski definition) is 4. The summed E-state index contributed by atoms with van der Waals surface area (Å²) in [6.07, 6.45) is 0.501. The molecule has 2 N–H and O–H groups in total. The Morgan fingerprint density at radius 2 is 2.05 bits per heavy atom. The molecule has 1 fully saturated rings. The van der Waals surface area contributed by atoms with E-state index in [0.29, 0.717) is 11.4 Å². The minimum absolute atomic E-state index is 0.0142. The second-order valence-electron chi connectivity index (χ2n) is 5.32. The van der Waals surface area contributed by atoms with E-state index >= 15 is 0 Å². The predicted molar refractivity (Wildman–Crippen MR) is 83.1 cm³/mol. The van der Waals surface area contributed by atoms with Crippen LogP contribution in [0.2, 0.25) is 5.02 Å². The molecule has 7 heteroatoms. The first-order valence-electron chi connectivity index (χ1n) is 6.84. The summed E-state index contributed by atoms with van der Waals surface area (Å²) in [5.41, 5.74) is 1.04. The number of benzene rings is 1. The van der Waals surface area contributed by atoms with Crippen molar-refractivity contribution in [1.82, 2.24) is 10.6 Å². The smallest absolute Gasteiger partial charge is 0.234 e. The monoisotopic (exact) mass is 330 g/mol. The number of sulfone groups is 1. The van der Waals surface area contributed by atoms with E-state index in [1.165, 1.54) is 0 Å². The van der Waals surface area contributed by atoms with Crippen LogP contribution in [0.25, 0.3) is 0 Å². The maximum Gasteiger partial charge on any atom is 0.234 e. The fourth-order valence-electron chi connectivity index (χ4n) is 2.30. The van der Waals surface area contributed by atoms with Gasteiger partial charge < -0.3 is 10.6 Å². The van der Waals surface area contributed by atoms with E-state index in [0.717, 1.165) is 5.56 Å². The van der Waals surface area contributed by atoms with Crippen molar-refractivity contribution in [3.63, 3.8) is 0 Å². The summed E-state index contributed by atoms with van der Waals surface area (Å²) >= 11 is 5.83. The highest BCUT2D eigenvalue weighted by Crippen LogP contribution is 2.15. The van der Waals surface area contributed by atoms with Gasteiger partial charge in [-0.25, -0.2) is 8.42 Å². The molecule has 2 atom stereocenters. The van der Waals surface area contributed by atoms with E-state index in [4.69, 9.17) is 11.6 Å². The van der Waals surface area contributed by atoms with Crippen molar-refractivity contribution in [3.05, 3.63) is 34.9 Å². The van der Waals surface area contributed by atoms with Crippen LogP contribution in [0.1, 0.15) is 24.9 Å². The third-order valence-corrected chi connectivity index (χ3v) is 5.56. The molecule has 5 nitrogen and oxygen atoms in total. The fraction of sp³-hybridized carbons (Fsp3) is 0.500. The molecule has 1 aromatic rings. The Labute approximate surface area is 130 Å². The molecule has 0 spiro atoms. The first-order chi connectivity index (χ1) is 9.85. The second-order valence-corrected chi connectivity index (χ2v) is 7.99. The molecular formula is C14H19ClN2O3S. The molecule has 116 valence electrons. The Morgan fingerprint density at radius 3 is 2.62 bits per heavy atom. The zero-order valence-corrected chi connectivity index (χ0v) is 13.4. The first-order valence-corrected chi connectivity index (χ1v) is 9.04. The summed E-state index contributed by atoms with van der Waals surface area (Å²) < 4.78 is 22.6. The number of carbonyl (C=O) groups excluding carboxylic acids is 1. The van der Waals surface area contributed by atoms with Gasteiger partial charge in [0, 0.05) is 17.1 Å². The van der Waals surface area contributed by atoms with Gasteiger partial charge in [-0.1, -0.05) is 23.7 Å². The Kier molecular flexibility index (Phi) is 5.24. The molecule has 0 unspecified atom stereocenters. The van der Waals surface area contributed by atoms with Crippen LogP contribution in [0.4, 0.5) is 0 Å². The Balaban J connectivity index is 1.77. The molecule has 1 aliphatic rings. The van der Waals surface area contributed by atoms with Crippen LogP contribution in [0, 0.1) is 0 Å². The van der Waals surface area contributed by atoms with E-state index in [1.807, 2.05) is 19.1 Å². The van der Waals surface area contributed by atoms with Crippen LogP contribution in [0.15, 0.2) is 24.3 Å². The lowest BCUT2D eigenvalue weighted by atomic mass is 10.1. The number of halogens is 1. The Morgan fingerprint density at radius 1 is 1.38 bits per heavy atom. The normalized spacial score (nSPS) is 21.9. The molecule has 1 saturated heterocycles. The van der Waals surface area contributed by atoms with Gasteiger partial charge in [-0.2, -0.15) is 0 Å². The van der Waals surface area contributed by atoms with Crippen molar-refractivity contribution in [3.8, 4) is 0 Å². The first kappa shape index (κ1) is 16.3. The van der Waals surface area contributed by atoms with Gasteiger partial charge in [-0.05, 0) is 31.0 Å². The second kappa shape index (κ2) is 6.77. The maximum atomic E-state index is 11.8. The van der Waals surface area contributed by atoms with E-state index in [2.05, 4.69) is 10.6 Å². The molecule has 1 aliphatic heterocycles. The minimum Gasteiger partial charge on any atom is -0.351 e. The van der Waals surface area contributed by atoms with Crippen molar-refractivity contribution in [2.24, 2.45) is 0 Å². The zero-order chi connectivity index (χ0) is 15.5. The number of amides is 1. The quantitative estimate of drug-likeness (QED) is 0.853. The average Bonchev–Trinajstić information content (AvgIpc) is 2.76. The number of carbonyl (C=O) groups is 1. The van der Waals surface area contributed by atoms with Crippen molar-refractivity contribution in [1.29, 1.82) is 0 Å². The van der Waals surface area contributed by atoms with Crippen LogP contribution in [0.3, 0.4) is 0 Å². The summed E-state index contributed by atoms with van der Waals surface area (Å²) in [4.78, 5) is 11.8. The van der Waals surface area contributed by atoms with Gasteiger partial charge in [0.15, 0.2) is 9.84 Å². The molecule has 21 heavy (non-hydrogen) atoms. The van der Waals surface area contributed by atoms with Gasteiger partial charge in [0.25, 0.3) is 0 Å². The average molecular weight is 331 g/mol. The predicted octanol–water partition coefficient (Wildman–Crippen LogP) is 1.29. The van der Waals surface area contributed by atoms with Gasteiger partial charge in [0.2, 0.25) is 5.91 Å². The van der Waals surface area contributed by atoms with Crippen molar-refractivity contribution in [2.45, 2.75) is 25.4 Å². The highest BCUT2D eigenvalue weighted by atomic mass is 35.5. The van der Waals surface area contributed by atoms with E-state index in [-0.39, 0.29) is 36.0 Å².